The smallest absolute Gasteiger partial charge is 0.208 e. The van der Waals surface area contributed by atoms with Gasteiger partial charge in [0.2, 0.25) is 5.89 Å². The summed E-state index contributed by atoms with van der Waals surface area (Å²) in [7, 11) is 0. The van der Waals surface area contributed by atoms with Crippen molar-refractivity contribution in [2.75, 3.05) is 0 Å². The van der Waals surface area contributed by atoms with E-state index in [4.69, 9.17) is 4.42 Å². The number of aromatic nitrogens is 1. The monoisotopic (exact) mass is 234 g/mol. The topological polar surface area (TPSA) is 38.1 Å². The van der Waals surface area contributed by atoms with E-state index in [1.165, 1.54) is 38.5 Å². The molecular weight excluding hydrogens is 212 g/mol. The van der Waals surface area contributed by atoms with Crippen LogP contribution in [0.25, 0.3) is 0 Å². The lowest BCUT2D eigenvalue weighted by atomic mass is 9.82. The molecule has 2 aliphatic rings. The third-order valence-corrected chi connectivity index (χ3v) is 4.11. The fraction of sp³-hybridized carbons (Fsp3) is 0.786. The predicted molar refractivity (Wildman–Crippen MR) is 66.7 cm³/mol. The molecule has 0 spiro atoms. The molecule has 3 nitrogen and oxygen atoms in total. The van der Waals surface area contributed by atoms with Crippen LogP contribution >= 0.6 is 0 Å². The highest BCUT2D eigenvalue weighted by Gasteiger charge is 2.24. The van der Waals surface area contributed by atoms with Crippen LogP contribution in [0.4, 0.5) is 0 Å². The van der Waals surface area contributed by atoms with Gasteiger partial charge in [0, 0.05) is 12.0 Å². The molecule has 2 fully saturated rings. The van der Waals surface area contributed by atoms with E-state index in [0.717, 1.165) is 30.2 Å². The van der Waals surface area contributed by atoms with Crippen molar-refractivity contribution in [1.82, 2.24) is 10.3 Å². The number of nitrogens with zero attached hydrogens (tertiary/aromatic N) is 1. The van der Waals surface area contributed by atoms with Crippen molar-refractivity contribution in [2.24, 2.45) is 5.92 Å². The Kier molecular flexibility index (Phi) is 3.19. The maximum absolute atomic E-state index is 5.86. The van der Waals surface area contributed by atoms with Crippen molar-refractivity contribution >= 4 is 0 Å². The molecule has 0 bridgehead atoms. The summed E-state index contributed by atoms with van der Waals surface area (Å²) in [5.74, 6) is 3.49. The van der Waals surface area contributed by atoms with E-state index in [0.29, 0.717) is 5.92 Å². The molecule has 1 heterocycles. The van der Waals surface area contributed by atoms with Crippen molar-refractivity contribution in [3.63, 3.8) is 0 Å². The van der Waals surface area contributed by atoms with Gasteiger partial charge in [-0.25, -0.2) is 4.98 Å². The molecular formula is C14H22N2O. The van der Waals surface area contributed by atoms with E-state index in [2.05, 4.69) is 17.2 Å². The molecule has 0 aromatic carbocycles. The van der Waals surface area contributed by atoms with Gasteiger partial charge in [0.15, 0.2) is 0 Å². The van der Waals surface area contributed by atoms with Crippen LogP contribution in [-0.2, 0) is 6.54 Å². The van der Waals surface area contributed by atoms with Gasteiger partial charge in [0.25, 0.3) is 0 Å². The molecule has 1 aromatic heterocycles. The maximum Gasteiger partial charge on any atom is 0.208 e. The highest BCUT2D eigenvalue weighted by molar-refractivity contribution is 5.03. The van der Waals surface area contributed by atoms with Crippen molar-refractivity contribution < 1.29 is 4.42 Å². The molecule has 0 atom stereocenters. The minimum absolute atomic E-state index is 0.619. The van der Waals surface area contributed by atoms with Gasteiger partial charge in [-0.3, -0.25) is 0 Å². The standard InChI is InChI=1S/C14H22N2O/c1-10-2-4-11(5-3-10)13-8-16-14(17-13)9-15-12-6-7-12/h8,10-12,15H,2-7,9H2,1H3. The van der Waals surface area contributed by atoms with Gasteiger partial charge in [-0.1, -0.05) is 19.8 Å². The first-order valence-corrected chi connectivity index (χ1v) is 6.99. The van der Waals surface area contributed by atoms with Gasteiger partial charge in [0.1, 0.15) is 5.76 Å². The second-order valence-electron chi connectivity index (χ2n) is 5.77. The van der Waals surface area contributed by atoms with E-state index in [-0.39, 0.29) is 0 Å². The average Bonchev–Trinajstić information content (AvgIpc) is 3.06. The van der Waals surface area contributed by atoms with E-state index >= 15 is 0 Å². The SMILES string of the molecule is CC1CCC(c2cnc(CNC3CC3)o2)CC1. The van der Waals surface area contributed by atoms with Crippen molar-refractivity contribution in [3.05, 3.63) is 17.8 Å². The largest absolute Gasteiger partial charge is 0.444 e. The van der Waals surface area contributed by atoms with E-state index < -0.39 is 0 Å². The Hall–Kier alpha value is -0.830. The fourth-order valence-electron chi connectivity index (χ4n) is 2.66. The summed E-state index contributed by atoms with van der Waals surface area (Å²) < 4.78 is 5.86. The van der Waals surface area contributed by atoms with Crippen LogP contribution in [0.2, 0.25) is 0 Å². The molecule has 3 heteroatoms. The quantitative estimate of drug-likeness (QED) is 0.869. The molecule has 0 amide bonds. The number of hydrogen-bond donors (Lipinski definition) is 1. The first-order chi connectivity index (χ1) is 8.31. The minimum atomic E-state index is 0.619. The van der Waals surface area contributed by atoms with Gasteiger partial charge >= 0.3 is 0 Å². The zero-order valence-corrected chi connectivity index (χ0v) is 10.6. The normalized spacial score (nSPS) is 29.5. The van der Waals surface area contributed by atoms with Crippen molar-refractivity contribution in [1.29, 1.82) is 0 Å². The summed E-state index contributed by atoms with van der Waals surface area (Å²) in [6.45, 7) is 3.15. The minimum Gasteiger partial charge on any atom is -0.444 e. The molecule has 2 aliphatic carbocycles. The predicted octanol–water partition coefficient (Wildman–Crippen LogP) is 3.22. The zero-order valence-electron chi connectivity index (χ0n) is 10.6. The Morgan fingerprint density at radius 3 is 2.71 bits per heavy atom. The van der Waals surface area contributed by atoms with Gasteiger partial charge < -0.3 is 9.73 Å². The van der Waals surface area contributed by atoms with Crippen LogP contribution in [0.15, 0.2) is 10.6 Å². The van der Waals surface area contributed by atoms with Crippen LogP contribution in [0.3, 0.4) is 0 Å². The van der Waals surface area contributed by atoms with Crippen LogP contribution < -0.4 is 5.32 Å². The highest BCUT2D eigenvalue weighted by atomic mass is 16.4. The maximum atomic E-state index is 5.86. The van der Waals surface area contributed by atoms with Crippen LogP contribution in [-0.4, -0.2) is 11.0 Å². The van der Waals surface area contributed by atoms with E-state index in [9.17, 15) is 0 Å². The summed E-state index contributed by atoms with van der Waals surface area (Å²) in [6.07, 6.45) is 9.78. The summed E-state index contributed by atoms with van der Waals surface area (Å²) in [6, 6.07) is 0.723. The van der Waals surface area contributed by atoms with Crippen molar-refractivity contribution in [2.45, 2.75) is 64.0 Å². The Labute approximate surface area is 103 Å². The Morgan fingerprint density at radius 1 is 1.24 bits per heavy atom. The number of rotatable bonds is 4. The second-order valence-corrected chi connectivity index (χ2v) is 5.77. The van der Waals surface area contributed by atoms with Gasteiger partial charge in [0.05, 0.1) is 12.7 Å². The molecule has 2 saturated carbocycles. The molecule has 17 heavy (non-hydrogen) atoms. The number of hydrogen-bond acceptors (Lipinski definition) is 3. The fourth-order valence-corrected chi connectivity index (χ4v) is 2.66. The lowest BCUT2D eigenvalue weighted by Gasteiger charge is -2.24. The molecule has 0 saturated heterocycles. The van der Waals surface area contributed by atoms with Gasteiger partial charge in [-0.15, -0.1) is 0 Å². The zero-order chi connectivity index (χ0) is 11.7. The third-order valence-electron chi connectivity index (χ3n) is 4.11. The Balaban J connectivity index is 1.55. The molecule has 94 valence electrons. The lowest BCUT2D eigenvalue weighted by molar-refractivity contribution is 0.306. The van der Waals surface area contributed by atoms with Gasteiger partial charge in [-0.05, 0) is 31.6 Å². The summed E-state index contributed by atoms with van der Waals surface area (Å²) in [4.78, 5) is 4.38. The number of oxazole rings is 1. The third kappa shape index (κ3) is 2.89. The average molecular weight is 234 g/mol. The van der Waals surface area contributed by atoms with Gasteiger partial charge in [-0.2, -0.15) is 0 Å². The Morgan fingerprint density at radius 2 is 2.00 bits per heavy atom. The summed E-state index contributed by atoms with van der Waals surface area (Å²) >= 11 is 0. The Bertz CT molecular complexity index is 362. The second kappa shape index (κ2) is 4.81. The highest BCUT2D eigenvalue weighted by Crippen LogP contribution is 2.35. The van der Waals surface area contributed by atoms with Crippen molar-refractivity contribution in [3.8, 4) is 0 Å². The molecule has 0 aliphatic heterocycles. The molecule has 0 radical (unpaired) electrons. The van der Waals surface area contributed by atoms with Crippen LogP contribution in [0.1, 0.15) is 63.0 Å². The first kappa shape index (κ1) is 11.3. The number of nitrogens with one attached hydrogen (secondary N) is 1. The molecule has 3 rings (SSSR count). The molecule has 1 aromatic rings. The van der Waals surface area contributed by atoms with E-state index in [1.807, 2.05) is 6.20 Å². The van der Waals surface area contributed by atoms with E-state index in [1.54, 1.807) is 0 Å². The summed E-state index contributed by atoms with van der Waals surface area (Å²) in [5.41, 5.74) is 0. The molecule has 0 unspecified atom stereocenters. The molecule has 1 N–H and O–H groups in total. The summed E-state index contributed by atoms with van der Waals surface area (Å²) in [5, 5.41) is 3.44. The van der Waals surface area contributed by atoms with Crippen LogP contribution in [0, 0.1) is 5.92 Å². The lowest BCUT2D eigenvalue weighted by Crippen LogP contribution is -2.15. The van der Waals surface area contributed by atoms with Crippen LogP contribution in [0.5, 0.6) is 0 Å². The first-order valence-electron chi connectivity index (χ1n) is 6.99.